The predicted molar refractivity (Wildman–Crippen MR) is 122 cm³/mol. The minimum atomic E-state index is -0.501. The number of aliphatic hydroxyl groups excluding tert-OH is 1. The van der Waals surface area contributed by atoms with Gasteiger partial charge in [-0.3, -0.25) is 9.80 Å². The van der Waals surface area contributed by atoms with Gasteiger partial charge in [0.1, 0.15) is 18.4 Å². The highest BCUT2D eigenvalue weighted by molar-refractivity contribution is 6.30. The van der Waals surface area contributed by atoms with Gasteiger partial charge in [-0.1, -0.05) is 30.7 Å². The van der Waals surface area contributed by atoms with E-state index in [1.807, 2.05) is 38.4 Å². The van der Waals surface area contributed by atoms with Gasteiger partial charge in [0.25, 0.3) is 0 Å². The molecule has 2 unspecified atom stereocenters. The number of benzene rings is 1. The monoisotopic (exact) mass is 443 g/mol. The average Bonchev–Trinajstić information content (AvgIpc) is 3.06. The van der Waals surface area contributed by atoms with E-state index in [1.54, 1.807) is 6.33 Å². The Bertz CT molecular complexity index is 915. The van der Waals surface area contributed by atoms with Crippen LogP contribution in [0.15, 0.2) is 30.6 Å². The number of aliphatic hydroxyl groups is 1. The molecule has 4 rings (SSSR count). The number of carbonyl (C=O) groups is 1. The fourth-order valence-corrected chi connectivity index (χ4v) is 5.16. The van der Waals surface area contributed by atoms with Gasteiger partial charge < -0.3 is 14.8 Å². The van der Waals surface area contributed by atoms with Crippen LogP contribution >= 0.6 is 11.6 Å². The standard InChI is InChI=1S/C23H30ClN5O2/c1-15-12-19(31)21-20(15)22(26-14-25-21)28-8-10-29(11-9-28)23(27(2)3)18(13-30)16-4-6-17(24)7-5-16/h4-7,13-15,18-19,23,31H,8-12H2,1-3H3/t15-,18?,19-,23?/m1/s1. The van der Waals surface area contributed by atoms with E-state index in [-0.39, 0.29) is 18.0 Å². The van der Waals surface area contributed by atoms with Crippen molar-refractivity contribution in [1.82, 2.24) is 19.8 Å². The first-order valence-corrected chi connectivity index (χ1v) is 11.2. The van der Waals surface area contributed by atoms with Crippen molar-refractivity contribution < 1.29 is 9.90 Å². The number of fused-ring (bicyclic) bond motifs is 1. The molecule has 2 aromatic rings. The Morgan fingerprint density at radius 1 is 1.16 bits per heavy atom. The number of hydrogen-bond acceptors (Lipinski definition) is 7. The molecule has 1 aromatic carbocycles. The maximum atomic E-state index is 12.1. The van der Waals surface area contributed by atoms with Gasteiger partial charge in [-0.25, -0.2) is 9.97 Å². The highest BCUT2D eigenvalue weighted by Crippen LogP contribution is 2.42. The second kappa shape index (κ2) is 9.20. The Balaban J connectivity index is 1.52. The zero-order chi connectivity index (χ0) is 22.1. The van der Waals surface area contributed by atoms with Crippen LogP contribution in [0.1, 0.15) is 48.1 Å². The largest absolute Gasteiger partial charge is 0.387 e. The lowest BCUT2D eigenvalue weighted by molar-refractivity contribution is -0.112. The molecule has 1 aliphatic carbocycles. The maximum Gasteiger partial charge on any atom is 0.135 e. The number of aldehydes is 1. The van der Waals surface area contributed by atoms with Gasteiger partial charge in [-0.2, -0.15) is 0 Å². The molecule has 31 heavy (non-hydrogen) atoms. The van der Waals surface area contributed by atoms with Gasteiger partial charge in [-0.15, -0.1) is 0 Å². The summed E-state index contributed by atoms with van der Waals surface area (Å²) < 4.78 is 0. The maximum absolute atomic E-state index is 12.1. The van der Waals surface area contributed by atoms with E-state index in [9.17, 15) is 9.90 Å². The van der Waals surface area contributed by atoms with Crippen molar-refractivity contribution in [3.63, 3.8) is 0 Å². The van der Waals surface area contributed by atoms with Crippen LogP contribution in [0.5, 0.6) is 0 Å². The molecule has 1 saturated heterocycles. The van der Waals surface area contributed by atoms with E-state index in [0.717, 1.165) is 55.1 Å². The predicted octanol–water partition coefficient (Wildman–Crippen LogP) is 2.66. The molecular weight excluding hydrogens is 414 g/mol. The smallest absolute Gasteiger partial charge is 0.135 e. The third kappa shape index (κ3) is 4.32. The molecular formula is C23H30ClN5O2. The number of nitrogens with zero attached hydrogens (tertiary/aromatic N) is 5. The van der Waals surface area contributed by atoms with Gasteiger partial charge in [0, 0.05) is 36.8 Å². The molecule has 4 atom stereocenters. The Morgan fingerprint density at radius 2 is 1.84 bits per heavy atom. The quantitative estimate of drug-likeness (QED) is 0.688. The van der Waals surface area contributed by atoms with Gasteiger partial charge in [0.15, 0.2) is 0 Å². The Morgan fingerprint density at radius 3 is 2.45 bits per heavy atom. The summed E-state index contributed by atoms with van der Waals surface area (Å²) in [5.41, 5.74) is 2.83. The Hall–Kier alpha value is -2.06. The summed E-state index contributed by atoms with van der Waals surface area (Å²) >= 11 is 6.04. The van der Waals surface area contributed by atoms with Gasteiger partial charge >= 0.3 is 0 Å². The Kier molecular flexibility index (Phi) is 6.57. The van der Waals surface area contributed by atoms with Crippen LogP contribution in [-0.2, 0) is 4.79 Å². The van der Waals surface area contributed by atoms with Crippen molar-refractivity contribution in [2.75, 3.05) is 45.2 Å². The van der Waals surface area contributed by atoms with Crippen molar-refractivity contribution >= 4 is 23.7 Å². The van der Waals surface area contributed by atoms with E-state index in [4.69, 9.17) is 11.6 Å². The van der Waals surface area contributed by atoms with Gasteiger partial charge in [-0.05, 0) is 44.1 Å². The zero-order valence-corrected chi connectivity index (χ0v) is 19.0. The molecule has 2 aliphatic rings. The molecule has 1 aliphatic heterocycles. The van der Waals surface area contributed by atoms with Crippen molar-refractivity contribution in [3.05, 3.63) is 52.4 Å². The molecule has 166 valence electrons. The first-order chi connectivity index (χ1) is 14.9. The lowest BCUT2D eigenvalue weighted by atomic mass is 9.95. The number of halogens is 1. The first kappa shape index (κ1) is 22.1. The zero-order valence-electron chi connectivity index (χ0n) is 18.3. The summed E-state index contributed by atoms with van der Waals surface area (Å²) in [6.45, 7) is 5.37. The molecule has 0 bridgehead atoms. The molecule has 1 aromatic heterocycles. The number of rotatable bonds is 6. The van der Waals surface area contributed by atoms with Crippen molar-refractivity contribution in [2.24, 2.45) is 0 Å². The normalized spacial score (nSPS) is 23.6. The molecule has 1 fully saturated rings. The minimum absolute atomic E-state index is 0.0438. The van der Waals surface area contributed by atoms with E-state index >= 15 is 0 Å². The summed E-state index contributed by atoms with van der Waals surface area (Å²) in [4.78, 5) is 27.8. The molecule has 0 radical (unpaired) electrons. The number of hydrogen-bond donors (Lipinski definition) is 1. The average molecular weight is 444 g/mol. The van der Waals surface area contributed by atoms with E-state index < -0.39 is 6.10 Å². The number of likely N-dealkylation sites (N-methyl/N-ethyl adjacent to an activating group) is 1. The van der Waals surface area contributed by atoms with Crippen LogP contribution < -0.4 is 4.90 Å². The molecule has 0 saturated carbocycles. The van der Waals surface area contributed by atoms with Crippen molar-refractivity contribution in [2.45, 2.75) is 37.5 Å². The second-order valence-electron chi connectivity index (χ2n) is 8.76. The third-order valence-corrected chi connectivity index (χ3v) is 6.77. The fourth-order valence-electron chi connectivity index (χ4n) is 5.03. The molecule has 2 heterocycles. The summed E-state index contributed by atoms with van der Waals surface area (Å²) in [5.74, 6) is 0.926. The van der Waals surface area contributed by atoms with Crippen molar-refractivity contribution in [1.29, 1.82) is 0 Å². The minimum Gasteiger partial charge on any atom is -0.387 e. The number of aromatic nitrogens is 2. The SMILES string of the molecule is C[C@@H]1C[C@@H](O)c2ncnc(N3CCN(C(C(C=O)c4ccc(Cl)cc4)N(C)C)CC3)c21. The highest BCUT2D eigenvalue weighted by atomic mass is 35.5. The Labute approximate surface area is 188 Å². The van der Waals surface area contributed by atoms with E-state index in [2.05, 4.69) is 31.6 Å². The van der Waals surface area contributed by atoms with Crippen LogP contribution in [0.4, 0.5) is 5.82 Å². The number of anilines is 1. The summed E-state index contributed by atoms with van der Waals surface area (Å²) in [6.07, 6.45) is 2.76. The summed E-state index contributed by atoms with van der Waals surface area (Å²) in [7, 11) is 4.04. The molecule has 1 N–H and O–H groups in total. The van der Waals surface area contributed by atoms with Crippen LogP contribution in [0.3, 0.4) is 0 Å². The van der Waals surface area contributed by atoms with E-state index in [1.165, 1.54) is 0 Å². The first-order valence-electron chi connectivity index (χ1n) is 10.8. The van der Waals surface area contributed by atoms with Crippen LogP contribution in [0.2, 0.25) is 5.02 Å². The number of piperazine rings is 1. The fraction of sp³-hybridized carbons (Fsp3) is 0.522. The molecule has 0 amide bonds. The van der Waals surface area contributed by atoms with Crippen LogP contribution in [0.25, 0.3) is 0 Å². The highest BCUT2D eigenvalue weighted by Gasteiger charge is 2.36. The lowest BCUT2D eigenvalue weighted by Crippen LogP contribution is -2.57. The van der Waals surface area contributed by atoms with Gasteiger partial charge in [0.05, 0.1) is 23.9 Å². The number of carbonyl (C=O) groups excluding carboxylic acids is 1. The topological polar surface area (TPSA) is 72.8 Å². The lowest BCUT2D eigenvalue weighted by Gasteiger charge is -2.44. The van der Waals surface area contributed by atoms with Crippen LogP contribution in [0, 0.1) is 0 Å². The van der Waals surface area contributed by atoms with Gasteiger partial charge in [0.2, 0.25) is 0 Å². The third-order valence-electron chi connectivity index (χ3n) is 6.52. The molecule has 8 heteroatoms. The van der Waals surface area contributed by atoms with Crippen molar-refractivity contribution in [3.8, 4) is 0 Å². The van der Waals surface area contributed by atoms with E-state index in [0.29, 0.717) is 11.4 Å². The summed E-state index contributed by atoms with van der Waals surface area (Å²) in [6, 6.07) is 7.54. The second-order valence-corrected chi connectivity index (χ2v) is 9.20. The summed E-state index contributed by atoms with van der Waals surface area (Å²) in [5, 5.41) is 11.0. The van der Waals surface area contributed by atoms with Crippen LogP contribution in [-0.4, -0.2) is 77.6 Å². The molecule has 0 spiro atoms. The molecule has 7 nitrogen and oxygen atoms in total.